The first kappa shape index (κ1) is 20.5. The van der Waals surface area contributed by atoms with E-state index in [1.165, 1.54) is 0 Å². The Morgan fingerprint density at radius 1 is 0.677 bits per heavy atom. The van der Waals surface area contributed by atoms with Gasteiger partial charge in [0.2, 0.25) is 0 Å². The topological polar surface area (TPSA) is 48.4 Å². The van der Waals surface area contributed by atoms with Crippen molar-refractivity contribution >= 4 is 6.29 Å². The van der Waals surface area contributed by atoms with Crippen molar-refractivity contribution in [2.45, 2.75) is 12.2 Å². The van der Waals surface area contributed by atoms with Crippen molar-refractivity contribution in [3.05, 3.63) is 131 Å². The van der Waals surface area contributed by atoms with Crippen molar-refractivity contribution in [2.75, 3.05) is 7.11 Å². The van der Waals surface area contributed by atoms with Crippen LogP contribution in [0.3, 0.4) is 0 Å². The van der Waals surface area contributed by atoms with E-state index >= 15 is 0 Å². The zero-order valence-electron chi connectivity index (χ0n) is 17.2. The highest BCUT2D eigenvalue weighted by Crippen LogP contribution is 2.36. The van der Waals surface area contributed by atoms with E-state index in [9.17, 15) is 4.79 Å². The largest absolute Gasteiger partial charge is 0.497 e. The van der Waals surface area contributed by atoms with Crippen molar-refractivity contribution in [2.24, 2.45) is 0 Å². The van der Waals surface area contributed by atoms with E-state index in [2.05, 4.69) is 29.2 Å². The molecule has 1 heterocycles. The molecule has 0 spiro atoms. The molecule has 1 aromatic heterocycles. The maximum atomic E-state index is 11.1. The highest BCUT2D eigenvalue weighted by molar-refractivity contribution is 5.71. The van der Waals surface area contributed by atoms with Crippen LogP contribution in [0.5, 0.6) is 5.75 Å². The number of hydrogen-bond acceptors (Lipinski definition) is 4. The molecule has 0 aliphatic rings. The summed E-state index contributed by atoms with van der Waals surface area (Å²) in [7, 11) is 1.64. The predicted molar refractivity (Wildman–Crippen MR) is 120 cm³/mol. The van der Waals surface area contributed by atoms with Crippen LogP contribution in [-0.2, 0) is 4.74 Å². The molecule has 0 amide bonds. The third-order valence-corrected chi connectivity index (χ3v) is 5.13. The highest BCUT2D eigenvalue weighted by Gasteiger charge is 2.23. The quantitative estimate of drug-likeness (QED) is 0.345. The maximum absolute atomic E-state index is 11.1. The Balaban J connectivity index is 1.77. The standard InChI is InChI=1S/C27H23NO3/c1-30-25-16-13-22(14-17-25)27(23-12-15-24(19-29)28-18-23)31-26(20-8-4-2-5-9-20)21-10-6-3-7-11-21/h2-19,26-27H,1H3. The molecule has 4 heteroatoms. The van der Waals surface area contributed by atoms with Crippen molar-refractivity contribution in [3.8, 4) is 5.75 Å². The number of carbonyl (C=O) groups is 1. The van der Waals surface area contributed by atoms with Gasteiger partial charge < -0.3 is 9.47 Å². The lowest BCUT2D eigenvalue weighted by atomic mass is 9.98. The minimum Gasteiger partial charge on any atom is -0.497 e. The molecule has 31 heavy (non-hydrogen) atoms. The fourth-order valence-electron chi connectivity index (χ4n) is 3.51. The van der Waals surface area contributed by atoms with Gasteiger partial charge >= 0.3 is 0 Å². The van der Waals surface area contributed by atoms with Crippen LogP contribution in [0, 0.1) is 0 Å². The van der Waals surface area contributed by atoms with Gasteiger partial charge in [-0.25, -0.2) is 0 Å². The monoisotopic (exact) mass is 409 g/mol. The smallest absolute Gasteiger partial charge is 0.168 e. The number of carbonyl (C=O) groups excluding carboxylic acids is 1. The fourth-order valence-corrected chi connectivity index (χ4v) is 3.51. The average Bonchev–Trinajstić information content (AvgIpc) is 2.86. The minimum atomic E-state index is -0.385. The molecule has 0 radical (unpaired) electrons. The maximum Gasteiger partial charge on any atom is 0.168 e. The molecule has 1 unspecified atom stereocenters. The van der Waals surface area contributed by atoms with E-state index in [1.807, 2.05) is 66.7 Å². The number of rotatable bonds is 8. The van der Waals surface area contributed by atoms with Crippen molar-refractivity contribution in [1.29, 1.82) is 0 Å². The van der Waals surface area contributed by atoms with Crippen molar-refractivity contribution in [1.82, 2.24) is 4.98 Å². The van der Waals surface area contributed by atoms with E-state index in [0.717, 1.165) is 34.3 Å². The summed E-state index contributed by atoms with van der Waals surface area (Å²) in [5.41, 5.74) is 4.35. The van der Waals surface area contributed by atoms with E-state index in [4.69, 9.17) is 9.47 Å². The van der Waals surface area contributed by atoms with Crippen LogP contribution in [0.4, 0.5) is 0 Å². The van der Waals surface area contributed by atoms with Crippen LogP contribution < -0.4 is 4.74 Å². The van der Waals surface area contributed by atoms with Gasteiger partial charge in [-0.15, -0.1) is 0 Å². The first-order chi connectivity index (χ1) is 15.3. The van der Waals surface area contributed by atoms with E-state index in [0.29, 0.717) is 5.69 Å². The Labute approximate surface area is 182 Å². The summed E-state index contributed by atoms with van der Waals surface area (Å²) in [6.07, 6.45) is 1.78. The lowest BCUT2D eigenvalue weighted by molar-refractivity contribution is 0.0306. The second kappa shape index (κ2) is 9.83. The first-order valence-corrected chi connectivity index (χ1v) is 10.1. The van der Waals surface area contributed by atoms with Crippen LogP contribution in [-0.4, -0.2) is 18.4 Å². The Kier molecular flexibility index (Phi) is 6.50. The number of benzene rings is 3. The van der Waals surface area contributed by atoms with E-state index in [-0.39, 0.29) is 12.2 Å². The van der Waals surface area contributed by atoms with Crippen molar-refractivity contribution < 1.29 is 14.3 Å². The summed E-state index contributed by atoms with van der Waals surface area (Å²) in [6.45, 7) is 0. The summed E-state index contributed by atoms with van der Waals surface area (Å²) in [4.78, 5) is 15.3. The Morgan fingerprint density at radius 2 is 1.19 bits per heavy atom. The molecule has 0 bridgehead atoms. The molecule has 0 fully saturated rings. The lowest BCUT2D eigenvalue weighted by Gasteiger charge is -2.26. The fraction of sp³-hybridized carbons (Fsp3) is 0.111. The van der Waals surface area contributed by atoms with Gasteiger partial charge in [-0.05, 0) is 34.9 Å². The van der Waals surface area contributed by atoms with Crippen LogP contribution in [0.25, 0.3) is 0 Å². The predicted octanol–water partition coefficient (Wildman–Crippen LogP) is 5.80. The Morgan fingerprint density at radius 3 is 1.68 bits per heavy atom. The molecule has 4 rings (SSSR count). The van der Waals surface area contributed by atoms with E-state index in [1.54, 1.807) is 19.4 Å². The number of aromatic nitrogens is 1. The van der Waals surface area contributed by atoms with Crippen molar-refractivity contribution in [3.63, 3.8) is 0 Å². The molecule has 0 N–H and O–H groups in total. The van der Waals surface area contributed by atoms with Crippen LogP contribution in [0.1, 0.15) is 45.0 Å². The first-order valence-electron chi connectivity index (χ1n) is 10.1. The summed E-state index contributed by atoms with van der Waals surface area (Å²) in [5.74, 6) is 0.777. The summed E-state index contributed by atoms with van der Waals surface area (Å²) in [6, 6.07) is 31.7. The van der Waals surface area contributed by atoms with Gasteiger partial charge in [0.1, 0.15) is 23.7 Å². The lowest BCUT2D eigenvalue weighted by Crippen LogP contribution is -2.13. The van der Waals surface area contributed by atoms with Crippen LogP contribution >= 0.6 is 0 Å². The number of aldehydes is 1. The Hall–Kier alpha value is -3.76. The zero-order valence-corrected chi connectivity index (χ0v) is 17.2. The molecule has 154 valence electrons. The normalized spacial score (nSPS) is 11.8. The van der Waals surface area contributed by atoms with Gasteiger partial charge in [0.05, 0.1) is 7.11 Å². The second-order valence-corrected chi connectivity index (χ2v) is 7.12. The summed E-state index contributed by atoms with van der Waals surface area (Å²) >= 11 is 0. The van der Waals surface area contributed by atoms with Gasteiger partial charge in [0.25, 0.3) is 0 Å². The number of ether oxygens (including phenoxy) is 2. The summed E-state index contributed by atoms with van der Waals surface area (Å²) in [5, 5.41) is 0. The molecule has 0 aliphatic carbocycles. The zero-order chi connectivity index (χ0) is 21.5. The van der Waals surface area contributed by atoms with Crippen LogP contribution in [0.2, 0.25) is 0 Å². The molecule has 4 nitrogen and oxygen atoms in total. The van der Waals surface area contributed by atoms with Gasteiger partial charge in [-0.2, -0.15) is 0 Å². The van der Waals surface area contributed by atoms with E-state index < -0.39 is 0 Å². The third kappa shape index (κ3) is 4.87. The van der Waals surface area contributed by atoms with Gasteiger partial charge in [0, 0.05) is 11.8 Å². The van der Waals surface area contributed by atoms with Gasteiger partial charge in [-0.1, -0.05) is 78.9 Å². The van der Waals surface area contributed by atoms with Crippen LogP contribution in [0.15, 0.2) is 103 Å². The minimum absolute atomic E-state index is 0.278. The summed E-state index contributed by atoms with van der Waals surface area (Å²) < 4.78 is 12.1. The number of methoxy groups -OCH3 is 1. The molecule has 3 aromatic carbocycles. The number of pyridine rings is 1. The average molecular weight is 409 g/mol. The molecule has 4 aromatic rings. The number of hydrogen-bond donors (Lipinski definition) is 0. The third-order valence-electron chi connectivity index (χ3n) is 5.13. The highest BCUT2D eigenvalue weighted by atomic mass is 16.5. The second-order valence-electron chi connectivity index (χ2n) is 7.12. The molecule has 1 atom stereocenters. The number of nitrogens with zero attached hydrogens (tertiary/aromatic N) is 1. The molecular formula is C27H23NO3. The molecule has 0 saturated carbocycles. The molecular weight excluding hydrogens is 386 g/mol. The van der Waals surface area contributed by atoms with Gasteiger partial charge in [-0.3, -0.25) is 9.78 Å². The molecule has 0 aliphatic heterocycles. The Bertz CT molecular complexity index is 1060. The van der Waals surface area contributed by atoms with Gasteiger partial charge in [0.15, 0.2) is 6.29 Å². The SMILES string of the molecule is COc1ccc(C(OC(c2ccccc2)c2ccccc2)c2ccc(C=O)nc2)cc1. The molecule has 0 saturated heterocycles.